The van der Waals surface area contributed by atoms with Crippen LogP contribution in [0.25, 0.3) is 0 Å². The molecule has 0 spiro atoms. The Bertz CT molecular complexity index is 369. The Morgan fingerprint density at radius 2 is 1.93 bits per heavy atom. The van der Waals surface area contributed by atoms with Gasteiger partial charge in [0.05, 0.1) is 0 Å². The molecule has 1 rings (SSSR count). The van der Waals surface area contributed by atoms with E-state index >= 15 is 0 Å². The van der Waals surface area contributed by atoms with Crippen LogP contribution in [0.2, 0.25) is 0 Å². The number of Topliss-reactive ketones (excluding diaryl/α,β-unsaturated/α-hetero) is 1. The number of alkyl halides is 3. The van der Waals surface area contributed by atoms with E-state index in [1.54, 1.807) is 26.0 Å². The van der Waals surface area contributed by atoms with Gasteiger partial charge in [-0.15, -0.1) is 0 Å². The minimum absolute atomic E-state index is 0.0231. The van der Waals surface area contributed by atoms with E-state index in [1.165, 1.54) is 6.07 Å². The highest BCUT2D eigenvalue weighted by Gasteiger charge is 2.37. The predicted molar refractivity (Wildman–Crippen MR) is 51.0 cm³/mol. The van der Waals surface area contributed by atoms with Crippen molar-refractivity contribution >= 4 is 17.4 Å². The smallest absolute Gasteiger partial charge is 0.286 e. The van der Waals surface area contributed by atoms with Gasteiger partial charge in [0.1, 0.15) is 0 Å². The SMILES string of the molecule is Cc1cccc(C(=O)C(F)(F)Cl)c1C. The van der Waals surface area contributed by atoms with Gasteiger partial charge < -0.3 is 0 Å². The molecule has 0 saturated heterocycles. The van der Waals surface area contributed by atoms with Crippen LogP contribution in [0.3, 0.4) is 0 Å². The number of benzene rings is 1. The van der Waals surface area contributed by atoms with Crippen LogP contribution in [-0.4, -0.2) is 11.2 Å². The lowest BCUT2D eigenvalue weighted by Gasteiger charge is -2.10. The number of hydrogen-bond donors (Lipinski definition) is 0. The van der Waals surface area contributed by atoms with Crippen molar-refractivity contribution < 1.29 is 13.6 Å². The minimum atomic E-state index is -3.82. The van der Waals surface area contributed by atoms with E-state index in [-0.39, 0.29) is 5.56 Å². The lowest BCUT2D eigenvalue weighted by atomic mass is 10.0. The number of halogens is 3. The Hall–Kier alpha value is -0.960. The molecule has 0 aliphatic carbocycles. The number of carbonyl (C=O) groups is 1. The second kappa shape index (κ2) is 3.65. The van der Waals surface area contributed by atoms with Gasteiger partial charge in [0, 0.05) is 5.56 Å². The molecule has 0 saturated carbocycles. The van der Waals surface area contributed by atoms with Crippen LogP contribution in [0.4, 0.5) is 8.78 Å². The average molecular weight is 219 g/mol. The number of hydrogen-bond acceptors (Lipinski definition) is 1. The maximum atomic E-state index is 12.5. The summed E-state index contributed by atoms with van der Waals surface area (Å²) in [6.45, 7) is 3.36. The molecule has 1 aromatic rings. The van der Waals surface area contributed by atoms with Gasteiger partial charge in [0.25, 0.3) is 0 Å². The topological polar surface area (TPSA) is 17.1 Å². The average Bonchev–Trinajstić information content (AvgIpc) is 2.07. The van der Waals surface area contributed by atoms with Gasteiger partial charge >= 0.3 is 5.38 Å². The molecule has 0 unspecified atom stereocenters. The molecular weight excluding hydrogens is 210 g/mol. The van der Waals surface area contributed by atoms with Crippen LogP contribution in [0.5, 0.6) is 0 Å². The fraction of sp³-hybridized carbons (Fsp3) is 0.300. The lowest BCUT2D eigenvalue weighted by molar-refractivity contribution is 0.0535. The first-order valence-corrected chi connectivity index (χ1v) is 4.39. The van der Waals surface area contributed by atoms with Crippen molar-refractivity contribution in [2.24, 2.45) is 0 Å². The fourth-order valence-electron chi connectivity index (χ4n) is 1.15. The number of rotatable bonds is 2. The minimum Gasteiger partial charge on any atom is -0.286 e. The summed E-state index contributed by atoms with van der Waals surface area (Å²) in [5.74, 6) is -1.35. The molecular formula is C10H9ClF2O. The quantitative estimate of drug-likeness (QED) is 0.550. The van der Waals surface area contributed by atoms with E-state index in [4.69, 9.17) is 0 Å². The Morgan fingerprint density at radius 1 is 1.36 bits per heavy atom. The molecule has 0 aromatic heterocycles. The highest BCUT2D eigenvalue weighted by atomic mass is 35.5. The summed E-state index contributed by atoms with van der Waals surface area (Å²) in [5.41, 5.74) is 1.31. The molecule has 1 nitrogen and oxygen atoms in total. The molecule has 0 N–H and O–H groups in total. The number of ketones is 1. The lowest BCUT2D eigenvalue weighted by Crippen LogP contribution is -2.22. The van der Waals surface area contributed by atoms with Crippen molar-refractivity contribution in [3.63, 3.8) is 0 Å². The largest absolute Gasteiger partial charge is 0.384 e. The summed E-state index contributed by atoms with van der Waals surface area (Å²) in [6.07, 6.45) is 0. The van der Waals surface area contributed by atoms with E-state index in [0.29, 0.717) is 5.56 Å². The second-order valence-corrected chi connectivity index (χ2v) is 3.55. The predicted octanol–water partition coefficient (Wildman–Crippen LogP) is 3.32. The zero-order chi connectivity index (χ0) is 10.9. The molecule has 14 heavy (non-hydrogen) atoms. The normalized spacial score (nSPS) is 11.5. The summed E-state index contributed by atoms with van der Waals surface area (Å²) in [6, 6.07) is 4.65. The third kappa shape index (κ3) is 2.10. The molecule has 1 aromatic carbocycles. The molecule has 0 heterocycles. The molecule has 0 aliphatic rings. The maximum absolute atomic E-state index is 12.5. The maximum Gasteiger partial charge on any atom is 0.384 e. The first kappa shape index (κ1) is 11.1. The Morgan fingerprint density at radius 3 is 2.43 bits per heavy atom. The second-order valence-electron chi connectivity index (χ2n) is 3.07. The summed E-state index contributed by atoms with van der Waals surface area (Å²) >= 11 is 4.66. The van der Waals surface area contributed by atoms with Crippen molar-refractivity contribution in [2.45, 2.75) is 19.2 Å². The molecule has 0 bridgehead atoms. The zero-order valence-electron chi connectivity index (χ0n) is 7.77. The summed E-state index contributed by atoms with van der Waals surface area (Å²) in [5, 5.41) is -3.82. The molecule has 0 radical (unpaired) electrons. The molecule has 0 aliphatic heterocycles. The van der Waals surface area contributed by atoms with Gasteiger partial charge in [-0.3, -0.25) is 4.79 Å². The van der Waals surface area contributed by atoms with Gasteiger partial charge in [-0.25, -0.2) is 0 Å². The molecule has 0 amide bonds. The van der Waals surface area contributed by atoms with Crippen molar-refractivity contribution in [3.05, 3.63) is 34.9 Å². The fourth-order valence-corrected chi connectivity index (χ4v) is 1.25. The highest BCUT2D eigenvalue weighted by molar-refractivity contribution is 6.35. The van der Waals surface area contributed by atoms with Crippen LogP contribution in [0.15, 0.2) is 18.2 Å². The molecule has 0 fully saturated rings. The third-order valence-electron chi connectivity index (χ3n) is 2.11. The van der Waals surface area contributed by atoms with E-state index < -0.39 is 11.2 Å². The van der Waals surface area contributed by atoms with E-state index in [9.17, 15) is 13.6 Å². The monoisotopic (exact) mass is 218 g/mol. The Balaban J connectivity index is 3.21. The van der Waals surface area contributed by atoms with Crippen molar-refractivity contribution in [3.8, 4) is 0 Å². The van der Waals surface area contributed by atoms with Gasteiger partial charge in [-0.1, -0.05) is 18.2 Å². The van der Waals surface area contributed by atoms with Crippen molar-refractivity contribution in [1.82, 2.24) is 0 Å². The summed E-state index contributed by atoms with van der Waals surface area (Å²) < 4.78 is 25.1. The molecule has 76 valence electrons. The highest BCUT2D eigenvalue weighted by Crippen LogP contribution is 2.26. The van der Waals surface area contributed by atoms with Crippen LogP contribution in [0, 0.1) is 13.8 Å². The van der Waals surface area contributed by atoms with Crippen molar-refractivity contribution in [1.29, 1.82) is 0 Å². The van der Waals surface area contributed by atoms with Gasteiger partial charge in [-0.2, -0.15) is 8.78 Å². The standard InChI is InChI=1S/C10H9ClF2O/c1-6-4-3-5-8(7(6)2)9(14)10(11,12)13/h3-5H,1-2H3. The van der Waals surface area contributed by atoms with E-state index in [1.807, 2.05) is 0 Å². The van der Waals surface area contributed by atoms with E-state index in [0.717, 1.165) is 5.56 Å². The van der Waals surface area contributed by atoms with Crippen LogP contribution in [0.1, 0.15) is 21.5 Å². The summed E-state index contributed by atoms with van der Waals surface area (Å²) in [4.78, 5) is 11.2. The van der Waals surface area contributed by atoms with Crippen LogP contribution >= 0.6 is 11.6 Å². The number of carbonyl (C=O) groups excluding carboxylic acids is 1. The van der Waals surface area contributed by atoms with Crippen molar-refractivity contribution in [2.75, 3.05) is 0 Å². The van der Waals surface area contributed by atoms with Crippen LogP contribution in [-0.2, 0) is 0 Å². The van der Waals surface area contributed by atoms with Gasteiger partial charge in [0.2, 0.25) is 5.78 Å². The van der Waals surface area contributed by atoms with Gasteiger partial charge in [0.15, 0.2) is 0 Å². The van der Waals surface area contributed by atoms with Gasteiger partial charge in [-0.05, 0) is 36.6 Å². The Kier molecular flexibility index (Phi) is 2.90. The number of aryl methyl sites for hydroxylation is 1. The molecule has 0 atom stereocenters. The molecule has 4 heteroatoms. The Labute approximate surface area is 85.7 Å². The first-order valence-electron chi connectivity index (χ1n) is 4.02. The van der Waals surface area contributed by atoms with Crippen LogP contribution < -0.4 is 0 Å². The van der Waals surface area contributed by atoms with E-state index in [2.05, 4.69) is 11.6 Å². The zero-order valence-corrected chi connectivity index (χ0v) is 8.53. The first-order chi connectivity index (χ1) is 6.34. The third-order valence-corrected chi connectivity index (χ3v) is 2.28. The summed E-state index contributed by atoms with van der Waals surface area (Å²) in [7, 11) is 0.